The van der Waals surface area contributed by atoms with E-state index in [0.717, 1.165) is 10.9 Å². The number of rotatable bonds is 5. The zero-order valence-corrected chi connectivity index (χ0v) is 19.6. The van der Waals surface area contributed by atoms with E-state index in [1.165, 1.54) is 12.1 Å². The molecule has 7 nitrogen and oxygen atoms in total. The van der Waals surface area contributed by atoms with Crippen molar-refractivity contribution in [2.24, 2.45) is 7.05 Å². The Hall–Kier alpha value is -4.29. The predicted octanol–water partition coefficient (Wildman–Crippen LogP) is 4.81. The number of pyridine rings is 1. The molecule has 0 bridgehead atoms. The third-order valence-corrected chi connectivity index (χ3v) is 6.24. The fraction of sp³-hybridized carbons (Fsp3) is 0.115. The molecule has 0 unspecified atom stereocenters. The number of aromatic amines is 1. The fourth-order valence-electron chi connectivity index (χ4n) is 4.37. The van der Waals surface area contributed by atoms with Gasteiger partial charge in [-0.3, -0.25) is 4.79 Å². The number of fused-ring (bicyclic) bond motifs is 4. The molecule has 2 heterocycles. The molecule has 176 valence electrons. The van der Waals surface area contributed by atoms with E-state index in [4.69, 9.17) is 11.2 Å². The lowest BCUT2D eigenvalue weighted by Crippen LogP contribution is -2.09. The molecule has 0 saturated carbocycles. The molecule has 1 N–H and O–H groups in total. The van der Waals surface area contributed by atoms with Gasteiger partial charge in [-0.2, -0.15) is 8.42 Å². The van der Waals surface area contributed by atoms with Gasteiger partial charge in [0.2, 0.25) is 0 Å². The van der Waals surface area contributed by atoms with Crippen LogP contribution in [0.25, 0.3) is 44.0 Å². The number of halogens is 1. The van der Waals surface area contributed by atoms with Gasteiger partial charge in [-0.05, 0) is 48.9 Å². The second kappa shape index (κ2) is 8.18. The van der Waals surface area contributed by atoms with E-state index in [2.05, 4.69) is 15.1 Å². The number of aromatic nitrogens is 2. The maximum atomic E-state index is 13.6. The molecule has 5 rings (SSSR count). The average molecular weight is 491 g/mol. The molecule has 0 radical (unpaired) electrons. The van der Waals surface area contributed by atoms with E-state index >= 15 is 0 Å². The number of nitrogens with one attached hydrogen (secondary N) is 1. The first-order chi connectivity index (χ1) is 16.7. The van der Waals surface area contributed by atoms with Crippen LogP contribution in [-0.2, 0) is 17.6 Å². The second-order valence-corrected chi connectivity index (χ2v) is 8.90. The second-order valence-electron chi connectivity index (χ2n) is 7.94. The van der Waals surface area contributed by atoms with Crippen LogP contribution in [0.5, 0.6) is 11.5 Å². The van der Waals surface area contributed by atoms with Crippen LogP contribution >= 0.6 is 0 Å². The first-order valence-electron chi connectivity index (χ1n) is 10.7. The quantitative estimate of drug-likeness (QED) is 0.282. The summed E-state index contributed by atoms with van der Waals surface area (Å²) in [5, 5.41) is 1.76. The van der Waals surface area contributed by atoms with Crippen LogP contribution in [0.2, 0.25) is 0 Å². The van der Waals surface area contributed by atoms with Crippen molar-refractivity contribution in [1.82, 2.24) is 9.55 Å². The van der Waals surface area contributed by atoms with Crippen molar-refractivity contribution in [2.75, 3.05) is 6.61 Å². The van der Waals surface area contributed by atoms with Gasteiger partial charge >= 0.3 is 10.5 Å². The molecule has 0 aliphatic carbocycles. The molecule has 5 aromatic rings. The standard InChI is InChI=1S/C26H19FN2O5S/c1-4-15-9-10-18-21(11-15)28-26-24(18)25(30)20-14-23(33-5-2)19(13-22(20)29(26)3)16-7-6-8-17(12-16)34-35(27,31)32/h1,6-14,28H,5H2,2-3H3. The fourth-order valence-corrected chi connectivity index (χ4v) is 4.70. The number of terminal acetylenes is 1. The minimum atomic E-state index is -5.18. The van der Waals surface area contributed by atoms with E-state index in [9.17, 15) is 17.1 Å². The van der Waals surface area contributed by atoms with Crippen molar-refractivity contribution in [2.45, 2.75) is 6.92 Å². The summed E-state index contributed by atoms with van der Waals surface area (Å²) < 4.78 is 47.1. The first kappa shape index (κ1) is 22.5. The molecular formula is C26H19FN2O5S. The normalized spacial score (nSPS) is 11.7. The summed E-state index contributed by atoms with van der Waals surface area (Å²) in [5.41, 5.74) is 3.64. The summed E-state index contributed by atoms with van der Waals surface area (Å²) >= 11 is 0. The lowest BCUT2D eigenvalue weighted by Gasteiger charge is -2.15. The number of benzene rings is 3. The maximum Gasteiger partial charge on any atom is 0.488 e. The number of H-pyrrole nitrogens is 1. The van der Waals surface area contributed by atoms with E-state index in [1.807, 2.05) is 30.7 Å². The Balaban J connectivity index is 1.82. The van der Waals surface area contributed by atoms with Crippen molar-refractivity contribution in [3.63, 3.8) is 0 Å². The monoisotopic (exact) mass is 490 g/mol. The molecule has 0 spiro atoms. The Morgan fingerprint density at radius 2 is 1.91 bits per heavy atom. The molecule has 0 saturated heterocycles. The largest absolute Gasteiger partial charge is 0.493 e. The zero-order valence-electron chi connectivity index (χ0n) is 18.8. The Morgan fingerprint density at radius 3 is 2.63 bits per heavy atom. The zero-order chi connectivity index (χ0) is 24.9. The topological polar surface area (TPSA) is 90.4 Å². The SMILES string of the molecule is C#Cc1ccc2c(c1)[nH]c1c2c(=O)c2cc(OCC)c(-c3cccc(OS(=O)(=O)F)c3)cc2n1C. The number of ether oxygens (including phenoxy) is 1. The average Bonchev–Trinajstić information content (AvgIpc) is 3.20. The van der Waals surface area contributed by atoms with Crippen molar-refractivity contribution < 1.29 is 21.2 Å². The van der Waals surface area contributed by atoms with Gasteiger partial charge in [0.25, 0.3) is 0 Å². The minimum Gasteiger partial charge on any atom is -0.493 e. The molecule has 0 aliphatic rings. The molecule has 0 aliphatic heterocycles. The Labute approximate surface area is 200 Å². The van der Waals surface area contributed by atoms with Crippen LogP contribution in [0, 0.1) is 12.3 Å². The number of hydrogen-bond acceptors (Lipinski definition) is 5. The molecule has 35 heavy (non-hydrogen) atoms. The Morgan fingerprint density at radius 1 is 1.11 bits per heavy atom. The number of aryl methyl sites for hydroxylation is 1. The van der Waals surface area contributed by atoms with E-state index in [0.29, 0.717) is 51.0 Å². The third kappa shape index (κ3) is 3.88. The van der Waals surface area contributed by atoms with Gasteiger partial charge in [0, 0.05) is 29.1 Å². The van der Waals surface area contributed by atoms with Crippen LogP contribution in [0.3, 0.4) is 0 Å². The summed E-state index contributed by atoms with van der Waals surface area (Å²) in [6.45, 7) is 2.14. The highest BCUT2D eigenvalue weighted by molar-refractivity contribution is 7.81. The van der Waals surface area contributed by atoms with Gasteiger partial charge in [-0.15, -0.1) is 6.42 Å². The highest BCUT2D eigenvalue weighted by Gasteiger charge is 2.19. The number of hydrogen-bond donors (Lipinski definition) is 1. The smallest absolute Gasteiger partial charge is 0.488 e. The van der Waals surface area contributed by atoms with Crippen LogP contribution in [-0.4, -0.2) is 24.6 Å². The van der Waals surface area contributed by atoms with Crippen LogP contribution in [0.1, 0.15) is 12.5 Å². The molecule has 2 aromatic heterocycles. The first-order valence-corrected chi connectivity index (χ1v) is 12.0. The van der Waals surface area contributed by atoms with Gasteiger partial charge < -0.3 is 18.5 Å². The van der Waals surface area contributed by atoms with E-state index in [-0.39, 0.29) is 11.2 Å². The molecule has 0 atom stereocenters. The van der Waals surface area contributed by atoms with E-state index in [1.54, 1.807) is 30.3 Å². The van der Waals surface area contributed by atoms with Crippen LogP contribution in [0.15, 0.2) is 59.4 Å². The number of nitrogens with zero attached hydrogens (tertiary/aromatic N) is 1. The van der Waals surface area contributed by atoms with Crippen molar-refractivity contribution in [3.05, 3.63) is 70.4 Å². The highest BCUT2D eigenvalue weighted by atomic mass is 32.3. The van der Waals surface area contributed by atoms with Gasteiger partial charge in [0.1, 0.15) is 17.1 Å². The van der Waals surface area contributed by atoms with Crippen molar-refractivity contribution >= 4 is 43.3 Å². The third-order valence-electron chi connectivity index (χ3n) is 5.85. The Kier molecular flexibility index (Phi) is 5.26. The van der Waals surface area contributed by atoms with Crippen LogP contribution in [0.4, 0.5) is 3.89 Å². The molecule has 3 aromatic carbocycles. The lowest BCUT2D eigenvalue weighted by atomic mass is 10.0. The lowest BCUT2D eigenvalue weighted by molar-refractivity contribution is 0.342. The summed E-state index contributed by atoms with van der Waals surface area (Å²) in [6.07, 6.45) is 5.53. The molecule has 0 amide bonds. The van der Waals surface area contributed by atoms with E-state index < -0.39 is 10.5 Å². The summed E-state index contributed by atoms with van der Waals surface area (Å²) in [4.78, 5) is 16.9. The van der Waals surface area contributed by atoms with Crippen LogP contribution < -0.4 is 14.3 Å². The Bertz CT molecular complexity index is 1860. The van der Waals surface area contributed by atoms with Crippen molar-refractivity contribution in [1.29, 1.82) is 0 Å². The van der Waals surface area contributed by atoms with Crippen molar-refractivity contribution in [3.8, 4) is 35.0 Å². The van der Waals surface area contributed by atoms with Gasteiger partial charge in [-0.1, -0.05) is 28.0 Å². The highest BCUT2D eigenvalue weighted by Crippen LogP contribution is 2.37. The predicted molar refractivity (Wildman–Crippen MR) is 134 cm³/mol. The minimum absolute atomic E-state index is 0.166. The molecule has 9 heteroatoms. The summed E-state index contributed by atoms with van der Waals surface area (Å²) in [6, 6.07) is 14.9. The summed E-state index contributed by atoms with van der Waals surface area (Å²) in [5.74, 6) is 2.84. The van der Waals surface area contributed by atoms with Gasteiger partial charge in [0.05, 0.1) is 22.9 Å². The molecule has 0 fully saturated rings. The van der Waals surface area contributed by atoms with Gasteiger partial charge in [0.15, 0.2) is 5.43 Å². The van der Waals surface area contributed by atoms with Gasteiger partial charge in [-0.25, -0.2) is 0 Å². The molecular weight excluding hydrogens is 471 g/mol. The summed E-state index contributed by atoms with van der Waals surface area (Å²) in [7, 11) is -3.34. The maximum absolute atomic E-state index is 13.6.